The van der Waals surface area contributed by atoms with Gasteiger partial charge in [0.15, 0.2) is 0 Å². The minimum Gasteiger partial charge on any atom is -0.343 e. The Hall–Kier alpha value is -0.0849. The van der Waals surface area contributed by atoms with Gasteiger partial charge in [-0.15, -0.1) is 0 Å². The summed E-state index contributed by atoms with van der Waals surface area (Å²) >= 11 is 4.84. The molecule has 1 aromatic rings. The minimum absolute atomic E-state index is 0. The fraction of sp³-hybridized carbons (Fsp3) is 0. The molecule has 4 heteroatoms. The molecule has 0 amide bonds. The summed E-state index contributed by atoms with van der Waals surface area (Å²) < 4.78 is 3.97. The third kappa shape index (κ3) is 3.21. The van der Waals surface area contributed by atoms with E-state index in [1.807, 2.05) is 6.07 Å². The molecule has 0 fully saturated rings. The van der Waals surface area contributed by atoms with Crippen LogP contribution >= 0.6 is 11.9 Å². The number of rotatable bonds is 1. The van der Waals surface area contributed by atoms with Crippen molar-refractivity contribution < 1.29 is 36.8 Å². The van der Waals surface area contributed by atoms with Crippen molar-refractivity contribution in [3.63, 3.8) is 0 Å². The van der Waals surface area contributed by atoms with Crippen LogP contribution in [-0.2, 0) is 32.0 Å². The van der Waals surface area contributed by atoms with Gasteiger partial charge < -0.3 is 4.29 Å². The number of carbonyl (C=O) groups excluding carboxylic acids is 1. The Morgan fingerprint density at radius 2 is 1.82 bits per heavy atom. The Balaban J connectivity index is 0.000001000. The van der Waals surface area contributed by atoms with E-state index >= 15 is 0 Å². The van der Waals surface area contributed by atoms with Crippen molar-refractivity contribution in [2.45, 2.75) is 0 Å². The van der Waals surface area contributed by atoms with Crippen LogP contribution < -0.4 is 0 Å². The quantitative estimate of drug-likeness (QED) is 0.719. The molecule has 2 nitrogen and oxygen atoms in total. The maximum absolute atomic E-state index is 10.7. The van der Waals surface area contributed by atoms with E-state index in [0.717, 1.165) is 0 Å². The molecule has 1 rings (SSSR count). The van der Waals surface area contributed by atoms with Crippen LogP contribution in [0.4, 0.5) is 0 Å². The maximum atomic E-state index is 10.7. The molecule has 0 saturated heterocycles. The Kier molecular flexibility index (Phi) is 5.51. The average molecular weight is 357 g/mol. The van der Waals surface area contributed by atoms with Crippen LogP contribution in [0.2, 0.25) is 0 Å². The first-order chi connectivity index (χ1) is 4.84. The average Bonchev–Trinajstić information content (AvgIpc) is 2.05. The summed E-state index contributed by atoms with van der Waals surface area (Å²) in [5, 5.41) is 0. The van der Waals surface area contributed by atoms with Gasteiger partial charge in [0.2, 0.25) is 0 Å². The van der Waals surface area contributed by atoms with Crippen molar-refractivity contribution >= 4 is 17.8 Å². The van der Waals surface area contributed by atoms with Crippen LogP contribution in [0.1, 0.15) is 10.4 Å². The number of halogens is 1. The van der Waals surface area contributed by atoms with Gasteiger partial charge in [0.25, 0.3) is 0 Å². The van der Waals surface area contributed by atoms with Crippen LogP contribution in [0.3, 0.4) is 0 Å². The van der Waals surface area contributed by atoms with Crippen molar-refractivity contribution in [3.05, 3.63) is 35.9 Å². The topological polar surface area (TPSA) is 26.3 Å². The maximum Gasteiger partial charge on any atom is 0.356 e. The molecule has 0 N–H and O–H groups in total. The Morgan fingerprint density at radius 1 is 1.27 bits per heavy atom. The summed E-state index contributed by atoms with van der Waals surface area (Å²) in [5.74, 6) is -0.526. The zero-order valence-electron chi connectivity index (χ0n) is 5.79. The van der Waals surface area contributed by atoms with Crippen LogP contribution in [-0.4, -0.2) is 5.97 Å². The van der Waals surface area contributed by atoms with E-state index in [1.165, 1.54) is 0 Å². The molecule has 0 unspecified atom stereocenters. The number of benzene rings is 1. The van der Waals surface area contributed by atoms with E-state index in [4.69, 9.17) is 11.9 Å². The van der Waals surface area contributed by atoms with Gasteiger partial charge in [0.1, 0.15) is 11.9 Å². The SMILES string of the molecule is O=C(OCl)c1ccccc1.[Hg]. The van der Waals surface area contributed by atoms with E-state index in [1.54, 1.807) is 24.3 Å². The van der Waals surface area contributed by atoms with E-state index < -0.39 is 5.97 Å². The summed E-state index contributed by atoms with van der Waals surface area (Å²) in [5.41, 5.74) is 0.456. The van der Waals surface area contributed by atoms with E-state index in [2.05, 4.69) is 4.29 Å². The number of hydrogen-bond acceptors (Lipinski definition) is 2. The monoisotopic (exact) mass is 358 g/mol. The first kappa shape index (κ1) is 10.9. The minimum atomic E-state index is -0.526. The van der Waals surface area contributed by atoms with E-state index in [-0.39, 0.29) is 27.7 Å². The van der Waals surface area contributed by atoms with E-state index in [0.29, 0.717) is 5.56 Å². The van der Waals surface area contributed by atoms with Crippen LogP contribution in [0.5, 0.6) is 0 Å². The summed E-state index contributed by atoms with van der Waals surface area (Å²) in [6, 6.07) is 8.55. The molecule has 0 atom stereocenters. The zero-order valence-corrected chi connectivity index (χ0v) is 12.0. The second-order valence-electron chi connectivity index (χ2n) is 1.73. The fourth-order valence-electron chi connectivity index (χ4n) is 0.619. The molecule has 0 aliphatic heterocycles. The zero-order chi connectivity index (χ0) is 7.40. The summed E-state index contributed by atoms with van der Waals surface area (Å²) in [4.78, 5) is 10.7. The van der Waals surface area contributed by atoms with Gasteiger partial charge in [-0.25, -0.2) is 4.79 Å². The largest absolute Gasteiger partial charge is 0.356 e. The van der Waals surface area contributed by atoms with Crippen LogP contribution in [0, 0.1) is 0 Å². The van der Waals surface area contributed by atoms with Crippen LogP contribution in [0.25, 0.3) is 0 Å². The molecule has 11 heavy (non-hydrogen) atoms. The van der Waals surface area contributed by atoms with Crippen LogP contribution in [0.15, 0.2) is 30.3 Å². The Morgan fingerprint density at radius 3 is 2.27 bits per heavy atom. The molecule has 0 aromatic heterocycles. The van der Waals surface area contributed by atoms with Gasteiger partial charge in [-0.05, 0) is 12.1 Å². The molecular formula is C7H5ClHgO2. The normalized spacial score (nSPS) is 8.09. The predicted molar refractivity (Wildman–Crippen MR) is 37.7 cm³/mol. The van der Waals surface area contributed by atoms with Gasteiger partial charge in [-0.2, -0.15) is 0 Å². The van der Waals surface area contributed by atoms with Gasteiger partial charge in [0.05, 0.1) is 5.56 Å². The van der Waals surface area contributed by atoms with Crippen molar-refractivity contribution in [2.75, 3.05) is 0 Å². The predicted octanol–water partition coefficient (Wildman–Crippen LogP) is 1.99. The third-order valence-corrected chi connectivity index (χ3v) is 1.22. The molecule has 1 aromatic carbocycles. The van der Waals surface area contributed by atoms with E-state index in [9.17, 15) is 4.79 Å². The number of carbonyl (C=O) groups is 1. The van der Waals surface area contributed by atoms with Crippen molar-refractivity contribution in [1.82, 2.24) is 0 Å². The van der Waals surface area contributed by atoms with Gasteiger partial charge >= 0.3 is 5.97 Å². The number of hydrogen-bond donors (Lipinski definition) is 0. The molecular weight excluding hydrogens is 352 g/mol. The second kappa shape index (κ2) is 5.55. The Bertz CT molecular complexity index is 225. The molecule has 0 radical (unpaired) electrons. The van der Waals surface area contributed by atoms with Gasteiger partial charge in [-0.1, -0.05) is 18.2 Å². The summed E-state index contributed by atoms with van der Waals surface area (Å²) in [7, 11) is 0. The molecule has 0 spiro atoms. The molecule has 0 bridgehead atoms. The Labute approximate surface area is 90.2 Å². The third-order valence-electron chi connectivity index (χ3n) is 1.08. The summed E-state index contributed by atoms with van der Waals surface area (Å²) in [6.07, 6.45) is 0. The molecule has 0 heterocycles. The fourth-order valence-corrected chi connectivity index (χ4v) is 0.708. The first-order valence-corrected chi connectivity index (χ1v) is 3.03. The standard InChI is InChI=1S/C7H5ClO2.Hg/c8-10-7(9)6-4-2-1-3-5-6;/h1-5H;. The smallest absolute Gasteiger partial charge is 0.343 e. The molecule has 54 valence electrons. The second-order valence-corrected chi connectivity index (χ2v) is 1.88. The van der Waals surface area contributed by atoms with Gasteiger partial charge in [0, 0.05) is 27.7 Å². The van der Waals surface area contributed by atoms with Crippen molar-refractivity contribution in [1.29, 1.82) is 0 Å². The van der Waals surface area contributed by atoms with Crippen molar-refractivity contribution in [2.24, 2.45) is 0 Å². The summed E-state index contributed by atoms with van der Waals surface area (Å²) in [6.45, 7) is 0. The molecule has 0 saturated carbocycles. The molecule has 0 aliphatic rings. The van der Waals surface area contributed by atoms with Crippen molar-refractivity contribution in [3.8, 4) is 0 Å². The first-order valence-electron chi connectivity index (χ1n) is 2.72. The molecule has 0 aliphatic carbocycles. The van der Waals surface area contributed by atoms with Gasteiger partial charge in [-0.3, -0.25) is 0 Å².